The van der Waals surface area contributed by atoms with E-state index in [1.807, 2.05) is 0 Å². The molecule has 0 aliphatic rings. The van der Waals surface area contributed by atoms with Gasteiger partial charge in [-0.1, -0.05) is 11.6 Å². The van der Waals surface area contributed by atoms with Gasteiger partial charge in [-0.25, -0.2) is 4.79 Å². The molecular weight excluding hydrogens is 369 g/mol. The summed E-state index contributed by atoms with van der Waals surface area (Å²) in [6, 6.07) is 3.23. The van der Waals surface area contributed by atoms with E-state index in [9.17, 15) is 27.6 Å². The largest absolute Gasteiger partial charge is 0.496 e. The summed E-state index contributed by atoms with van der Waals surface area (Å²) in [4.78, 5) is 34.1. The van der Waals surface area contributed by atoms with E-state index in [0.29, 0.717) is 16.3 Å². The Hall–Kier alpha value is -2.49. The number of carbonyl (C=O) groups excluding carboxylic acids is 3. The summed E-state index contributed by atoms with van der Waals surface area (Å²) in [6.45, 7) is -2.43. The van der Waals surface area contributed by atoms with Gasteiger partial charge in [-0.05, 0) is 18.2 Å². The molecule has 138 valence electrons. The van der Waals surface area contributed by atoms with Gasteiger partial charge in [0, 0.05) is 10.6 Å². The molecule has 0 saturated carbocycles. The van der Waals surface area contributed by atoms with E-state index in [2.05, 4.69) is 4.74 Å². The normalized spacial score (nSPS) is 10.8. The molecule has 11 heteroatoms. The number of carbonyl (C=O) groups is 3. The molecule has 0 heterocycles. The molecule has 0 aromatic heterocycles. The second-order valence-electron chi connectivity index (χ2n) is 4.64. The molecule has 0 bridgehead atoms. The van der Waals surface area contributed by atoms with Crippen LogP contribution in [0.5, 0.6) is 5.75 Å². The van der Waals surface area contributed by atoms with E-state index in [0.717, 1.165) is 0 Å². The summed E-state index contributed by atoms with van der Waals surface area (Å²) >= 11 is 5.81. The highest BCUT2D eigenvalue weighted by molar-refractivity contribution is 6.30. The van der Waals surface area contributed by atoms with E-state index < -0.39 is 37.2 Å². The average Bonchev–Trinajstić information content (AvgIpc) is 2.50. The number of alkyl halides is 3. The molecule has 0 radical (unpaired) electrons. The van der Waals surface area contributed by atoms with Crippen LogP contribution in [0.1, 0.15) is 5.56 Å². The van der Waals surface area contributed by atoms with Crippen molar-refractivity contribution in [3.8, 4) is 5.75 Å². The van der Waals surface area contributed by atoms with Gasteiger partial charge < -0.3 is 14.8 Å². The molecule has 0 unspecified atom stereocenters. The molecule has 7 nitrogen and oxygen atoms in total. The number of rotatable bonds is 6. The second kappa shape index (κ2) is 9.11. The Morgan fingerprint density at radius 2 is 1.92 bits per heavy atom. The Labute approximate surface area is 145 Å². The van der Waals surface area contributed by atoms with E-state index in [4.69, 9.17) is 16.3 Å². The summed E-state index contributed by atoms with van der Waals surface area (Å²) in [5, 5.41) is 3.39. The molecular formula is C14H14ClF3N2O5. The summed E-state index contributed by atoms with van der Waals surface area (Å²) in [7, 11) is 1.39. The third-order valence-corrected chi connectivity index (χ3v) is 2.88. The Balaban J connectivity index is 2.42. The van der Waals surface area contributed by atoms with Crippen LogP contribution in [0.25, 0.3) is 0 Å². The summed E-state index contributed by atoms with van der Waals surface area (Å²) in [6.07, 6.45) is -4.86. The van der Waals surface area contributed by atoms with E-state index in [1.165, 1.54) is 18.5 Å². The Morgan fingerprint density at radius 3 is 2.52 bits per heavy atom. The van der Waals surface area contributed by atoms with Gasteiger partial charge >= 0.3 is 18.2 Å². The minimum atomic E-state index is -4.61. The minimum absolute atomic E-state index is 0.253. The minimum Gasteiger partial charge on any atom is -0.496 e. The van der Waals surface area contributed by atoms with Crippen molar-refractivity contribution in [2.75, 3.05) is 20.3 Å². The van der Waals surface area contributed by atoms with Crippen LogP contribution in [0.15, 0.2) is 18.2 Å². The van der Waals surface area contributed by atoms with Crippen molar-refractivity contribution >= 4 is 29.5 Å². The molecule has 0 aliphatic carbocycles. The van der Waals surface area contributed by atoms with Crippen LogP contribution in [-0.2, 0) is 20.7 Å². The fraction of sp³-hybridized carbons (Fsp3) is 0.357. The number of hydrogen-bond acceptors (Lipinski definition) is 5. The molecule has 0 spiro atoms. The highest BCUT2D eigenvalue weighted by atomic mass is 35.5. The third-order valence-electron chi connectivity index (χ3n) is 2.64. The molecule has 0 atom stereocenters. The lowest BCUT2D eigenvalue weighted by Gasteiger charge is -2.10. The first-order valence-corrected chi connectivity index (χ1v) is 7.11. The van der Waals surface area contributed by atoms with Crippen LogP contribution in [0.3, 0.4) is 0 Å². The van der Waals surface area contributed by atoms with Crippen molar-refractivity contribution in [3.05, 3.63) is 28.8 Å². The highest BCUT2D eigenvalue weighted by Crippen LogP contribution is 2.23. The number of imide groups is 1. The van der Waals surface area contributed by atoms with Gasteiger partial charge in [0.15, 0.2) is 6.61 Å². The smallest absolute Gasteiger partial charge is 0.405 e. The zero-order chi connectivity index (χ0) is 19.0. The molecule has 1 aromatic carbocycles. The first kappa shape index (κ1) is 20.6. The lowest BCUT2D eigenvalue weighted by Crippen LogP contribution is -2.44. The molecule has 1 rings (SSSR count). The van der Waals surface area contributed by atoms with Gasteiger partial charge in [0.1, 0.15) is 12.3 Å². The number of ether oxygens (including phenoxy) is 2. The van der Waals surface area contributed by atoms with Crippen molar-refractivity contribution in [2.45, 2.75) is 12.6 Å². The molecule has 3 amide bonds. The third kappa shape index (κ3) is 8.25. The van der Waals surface area contributed by atoms with E-state index in [1.54, 1.807) is 17.4 Å². The zero-order valence-corrected chi connectivity index (χ0v) is 13.7. The van der Waals surface area contributed by atoms with Crippen LogP contribution < -0.4 is 15.4 Å². The predicted molar refractivity (Wildman–Crippen MR) is 80.3 cm³/mol. The lowest BCUT2D eigenvalue weighted by atomic mass is 10.1. The lowest BCUT2D eigenvalue weighted by molar-refractivity contribution is -0.147. The van der Waals surface area contributed by atoms with Gasteiger partial charge in [-0.2, -0.15) is 13.2 Å². The van der Waals surface area contributed by atoms with Gasteiger partial charge in [0.2, 0.25) is 0 Å². The fourth-order valence-corrected chi connectivity index (χ4v) is 1.82. The van der Waals surface area contributed by atoms with Crippen molar-refractivity contribution < 1.29 is 37.0 Å². The maximum Gasteiger partial charge on any atom is 0.405 e. The highest BCUT2D eigenvalue weighted by Gasteiger charge is 2.28. The number of nitrogens with one attached hydrogen (secondary N) is 2. The molecule has 1 aromatic rings. The number of hydrogen-bond donors (Lipinski definition) is 2. The molecule has 0 fully saturated rings. The van der Waals surface area contributed by atoms with Crippen molar-refractivity contribution in [3.63, 3.8) is 0 Å². The van der Waals surface area contributed by atoms with Gasteiger partial charge in [-0.3, -0.25) is 14.9 Å². The van der Waals surface area contributed by atoms with Crippen LogP contribution >= 0.6 is 11.6 Å². The van der Waals surface area contributed by atoms with E-state index in [-0.39, 0.29) is 6.42 Å². The Bertz CT molecular complexity index is 652. The average molecular weight is 383 g/mol. The van der Waals surface area contributed by atoms with Crippen LogP contribution in [-0.4, -0.2) is 44.3 Å². The Kier molecular flexibility index (Phi) is 7.49. The molecule has 0 saturated heterocycles. The fourth-order valence-electron chi connectivity index (χ4n) is 1.63. The molecule has 25 heavy (non-hydrogen) atoms. The number of halogens is 4. The van der Waals surface area contributed by atoms with Gasteiger partial charge in [-0.15, -0.1) is 0 Å². The summed E-state index contributed by atoms with van der Waals surface area (Å²) in [5.41, 5.74) is 0.420. The van der Waals surface area contributed by atoms with E-state index >= 15 is 0 Å². The molecule has 2 N–H and O–H groups in total. The second-order valence-corrected chi connectivity index (χ2v) is 5.08. The number of urea groups is 1. The molecule has 0 aliphatic heterocycles. The van der Waals surface area contributed by atoms with Crippen LogP contribution in [0, 0.1) is 0 Å². The Morgan fingerprint density at radius 1 is 1.24 bits per heavy atom. The topological polar surface area (TPSA) is 93.7 Å². The van der Waals surface area contributed by atoms with Crippen LogP contribution in [0.4, 0.5) is 18.0 Å². The van der Waals surface area contributed by atoms with Crippen molar-refractivity contribution in [1.82, 2.24) is 10.6 Å². The van der Waals surface area contributed by atoms with Gasteiger partial charge in [0.05, 0.1) is 13.5 Å². The maximum absolute atomic E-state index is 11.9. The van der Waals surface area contributed by atoms with Gasteiger partial charge in [0.25, 0.3) is 5.91 Å². The first-order chi connectivity index (χ1) is 11.6. The quantitative estimate of drug-likeness (QED) is 0.732. The summed E-state index contributed by atoms with van der Waals surface area (Å²) in [5.74, 6) is -1.50. The maximum atomic E-state index is 11.9. The van der Waals surface area contributed by atoms with Crippen molar-refractivity contribution in [1.29, 1.82) is 0 Å². The van der Waals surface area contributed by atoms with Crippen molar-refractivity contribution in [2.24, 2.45) is 0 Å². The number of methoxy groups -OCH3 is 1. The monoisotopic (exact) mass is 382 g/mol. The number of esters is 1. The predicted octanol–water partition coefficient (Wildman–Crippen LogP) is 1.82. The number of amides is 3. The SMILES string of the molecule is COc1ccc(Cl)cc1CC(=O)OCC(=O)NC(=O)NCC(F)(F)F. The zero-order valence-electron chi connectivity index (χ0n) is 12.9. The standard InChI is InChI=1S/C14H14ClF3N2O5/c1-24-10-3-2-9(15)4-8(10)5-12(22)25-6-11(21)20-13(23)19-7-14(16,17)18/h2-4H,5-7H2,1H3,(H2,19,20,21,23). The summed E-state index contributed by atoms with van der Waals surface area (Å²) < 4.78 is 45.3. The number of benzene rings is 1. The van der Waals surface area contributed by atoms with Crippen LogP contribution in [0.2, 0.25) is 5.02 Å². The first-order valence-electron chi connectivity index (χ1n) is 6.73.